The van der Waals surface area contributed by atoms with Crippen LogP contribution in [0.15, 0.2) is 55.9 Å². The van der Waals surface area contributed by atoms with Crippen molar-refractivity contribution in [3.05, 3.63) is 67.0 Å². The third kappa shape index (κ3) is 3.77. The maximum Gasteiger partial charge on any atom is 0.341 e. The average molecular weight is 518 g/mol. The second kappa shape index (κ2) is 7.68. The van der Waals surface area contributed by atoms with E-state index < -0.39 is 5.60 Å². The molecule has 24 heavy (non-hydrogen) atoms. The molecule has 3 nitrogen and oxygen atoms in total. The molecule has 0 saturated carbocycles. The highest BCUT2D eigenvalue weighted by atomic mass is 79.9. The summed E-state index contributed by atoms with van der Waals surface area (Å²) in [6.07, 6.45) is 1.52. The first kappa shape index (κ1) is 18.1. The molecule has 6 heteroatoms. The van der Waals surface area contributed by atoms with Gasteiger partial charge in [0.15, 0.2) is 0 Å². The number of benzene rings is 2. The van der Waals surface area contributed by atoms with E-state index in [0.29, 0.717) is 14.5 Å². The molecule has 0 unspecified atom stereocenters. The maximum absolute atomic E-state index is 12.9. The Morgan fingerprint density at radius 2 is 1.58 bits per heavy atom. The van der Waals surface area contributed by atoms with Gasteiger partial charge in [-0.2, -0.15) is 0 Å². The van der Waals surface area contributed by atoms with Crippen molar-refractivity contribution in [2.75, 3.05) is 13.1 Å². The molecular formula is C18H16Br3NO2. The minimum atomic E-state index is -0.588. The second-order valence-corrected chi connectivity index (χ2v) is 8.37. The number of carbonyl (C=O) groups excluding carboxylic acids is 1. The molecule has 1 aliphatic rings. The van der Waals surface area contributed by atoms with Crippen LogP contribution in [0.25, 0.3) is 0 Å². The Balaban J connectivity index is 1.95. The van der Waals surface area contributed by atoms with E-state index in [0.717, 1.165) is 36.0 Å². The van der Waals surface area contributed by atoms with Crippen molar-refractivity contribution in [1.29, 1.82) is 0 Å². The first-order chi connectivity index (χ1) is 11.5. The fourth-order valence-electron chi connectivity index (χ4n) is 2.99. The van der Waals surface area contributed by atoms with E-state index in [2.05, 4.69) is 53.1 Å². The molecule has 0 bridgehead atoms. The summed E-state index contributed by atoms with van der Waals surface area (Å²) in [4.78, 5) is 12.9. The van der Waals surface area contributed by atoms with Crippen molar-refractivity contribution in [2.24, 2.45) is 0 Å². The topological polar surface area (TPSA) is 38.3 Å². The summed E-state index contributed by atoms with van der Waals surface area (Å²) in [6.45, 7) is 1.65. The van der Waals surface area contributed by atoms with Crippen LogP contribution in [0.3, 0.4) is 0 Å². The van der Waals surface area contributed by atoms with Gasteiger partial charge in [0, 0.05) is 26.3 Å². The Labute approximate surface area is 166 Å². The zero-order chi connectivity index (χ0) is 17.2. The Hall–Kier alpha value is -0.690. The lowest BCUT2D eigenvalue weighted by atomic mass is 9.84. The SMILES string of the molecule is O=C(OC1(c2ccccc2)CCNCC1)c1c(Br)cc(Br)cc1Br. The van der Waals surface area contributed by atoms with Crippen LogP contribution >= 0.6 is 47.8 Å². The van der Waals surface area contributed by atoms with Crippen LogP contribution in [-0.4, -0.2) is 19.1 Å². The summed E-state index contributed by atoms with van der Waals surface area (Å²) in [5.41, 5.74) is 0.964. The highest BCUT2D eigenvalue weighted by Gasteiger charge is 2.38. The predicted molar refractivity (Wildman–Crippen MR) is 105 cm³/mol. The maximum atomic E-state index is 12.9. The van der Waals surface area contributed by atoms with Gasteiger partial charge in [0.2, 0.25) is 0 Å². The number of hydrogen-bond acceptors (Lipinski definition) is 3. The zero-order valence-corrected chi connectivity index (χ0v) is 17.6. The van der Waals surface area contributed by atoms with Gasteiger partial charge in [-0.1, -0.05) is 46.3 Å². The van der Waals surface area contributed by atoms with E-state index in [9.17, 15) is 4.79 Å². The lowest BCUT2D eigenvalue weighted by Gasteiger charge is -2.37. The molecule has 1 fully saturated rings. The molecule has 1 aliphatic heterocycles. The van der Waals surface area contributed by atoms with Crippen LogP contribution in [-0.2, 0) is 10.3 Å². The summed E-state index contributed by atoms with van der Waals surface area (Å²) in [7, 11) is 0. The zero-order valence-electron chi connectivity index (χ0n) is 12.8. The van der Waals surface area contributed by atoms with Gasteiger partial charge >= 0.3 is 5.97 Å². The highest BCUT2D eigenvalue weighted by Crippen LogP contribution is 2.38. The van der Waals surface area contributed by atoms with E-state index in [1.165, 1.54) is 0 Å². The van der Waals surface area contributed by atoms with Gasteiger partial charge in [-0.15, -0.1) is 0 Å². The Morgan fingerprint density at radius 3 is 2.17 bits per heavy atom. The molecule has 0 amide bonds. The van der Waals surface area contributed by atoms with Crippen LogP contribution in [0.4, 0.5) is 0 Å². The number of hydrogen-bond donors (Lipinski definition) is 1. The lowest BCUT2D eigenvalue weighted by Crippen LogP contribution is -2.43. The van der Waals surface area contributed by atoms with Crippen LogP contribution in [0.1, 0.15) is 28.8 Å². The van der Waals surface area contributed by atoms with E-state index in [1.54, 1.807) is 0 Å². The summed E-state index contributed by atoms with van der Waals surface area (Å²) >= 11 is 10.3. The Bertz CT molecular complexity index is 720. The normalized spacial score (nSPS) is 16.6. The standard InChI is InChI=1S/C18H16Br3NO2/c19-13-10-14(20)16(15(21)11-13)17(23)24-18(6-8-22-9-7-18)12-4-2-1-3-5-12/h1-5,10-11,22H,6-9H2. The van der Waals surface area contributed by atoms with Crippen LogP contribution in [0, 0.1) is 0 Å². The summed E-state index contributed by atoms with van der Waals surface area (Å²) in [5.74, 6) is -0.327. The molecule has 1 saturated heterocycles. The van der Waals surface area contributed by atoms with E-state index >= 15 is 0 Å². The van der Waals surface area contributed by atoms with Gasteiger partial charge in [-0.25, -0.2) is 4.79 Å². The smallest absolute Gasteiger partial charge is 0.341 e. The predicted octanol–water partition coefficient (Wildman–Crippen LogP) is 5.41. The van der Waals surface area contributed by atoms with Crippen molar-refractivity contribution < 1.29 is 9.53 Å². The van der Waals surface area contributed by atoms with Gasteiger partial charge in [0.1, 0.15) is 5.60 Å². The number of nitrogens with one attached hydrogen (secondary N) is 1. The molecular weight excluding hydrogens is 502 g/mol. The third-order valence-electron chi connectivity index (χ3n) is 4.21. The molecule has 0 spiro atoms. The van der Waals surface area contributed by atoms with Gasteiger partial charge < -0.3 is 10.1 Å². The molecule has 2 aromatic rings. The monoisotopic (exact) mass is 515 g/mol. The van der Waals surface area contributed by atoms with Crippen molar-refractivity contribution >= 4 is 53.8 Å². The minimum Gasteiger partial charge on any atom is -0.450 e. The summed E-state index contributed by atoms with van der Waals surface area (Å²) in [5, 5.41) is 3.34. The fraction of sp³-hybridized carbons (Fsp3) is 0.278. The summed E-state index contributed by atoms with van der Waals surface area (Å²) in [6, 6.07) is 13.7. The van der Waals surface area contributed by atoms with Crippen molar-refractivity contribution in [2.45, 2.75) is 18.4 Å². The van der Waals surface area contributed by atoms with Gasteiger partial charge in [0.05, 0.1) is 5.56 Å². The third-order valence-corrected chi connectivity index (χ3v) is 5.92. The number of ether oxygens (including phenoxy) is 1. The molecule has 3 rings (SSSR count). The summed E-state index contributed by atoms with van der Waals surface area (Å²) < 4.78 is 8.38. The quantitative estimate of drug-likeness (QED) is 0.553. The molecule has 0 aromatic heterocycles. The molecule has 1 N–H and O–H groups in total. The van der Waals surface area contributed by atoms with Gasteiger partial charge in [-0.05, 0) is 62.6 Å². The number of piperidine rings is 1. The number of rotatable bonds is 3. The van der Waals surface area contributed by atoms with E-state index in [4.69, 9.17) is 4.74 Å². The Kier molecular flexibility index (Phi) is 5.80. The first-order valence-electron chi connectivity index (χ1n) is 7.66. The Morgan fingerprint density at radius 1 is 1.00 bits per heavy atom. The van der Waals surface area contributed by atoms with Crippen LogP contribution in [0.5, 0.6) is 0 Å². The van der Waals surface area contributed by atoms with E-state index in [-0.39, 0.29) is 5.97 Å². The van der Waals surface area contributed by atoms with Crippen molar-refractivity contribution in [1.82, 2.24) is 5.32 Å². The molecule has 126 valence electrons. The molecule has 0 atom stereocenters. The van der Waals surface area contributed by atoms with Crippen LogP contribution in [0.2, 0.25) is 0 Å². The molecule has 2 aromatic carbocycles. The average Bonchev–Trinajstić information content (AvgIpc) is 2.55. The van der Waals surface area contributed by atoms with E-state index in [1.807, 2.05) is 42.5 Å². The molecule has 0 aliphatic carbocycles. The number of carbonyl (C=O) groups is 1. The fourth-order valence-corrected chi connectivity index (χ4v) is 5.57. The van der Waals surface area contributed by atoms with Crippen molar-refractivity contribution in [3.8, 4) is 0 Å². The molecule has 0 radical (unpaired) electrons. The lowest BCUT2D eigenvalue weighted by molar-refractivity contribution is -0.0380. The van der Waals surface area contributed by atoms with Crippen molar-refractivity contribution in [3.63, 3.8) is 0 Å². The first-order valence-corrected chi connectivity index (χ1v) is 10.0. The molecule has 1 heterocycles. The highest BCUT2D eigenvalue weighted by molar-refractivity contribution is 9.11. The van der Waals surface area contributed by atoms with Gasteiger partial charge in [-0.3, -0.25) is 0 Å². The minimum absolute atomic E-state index is 0.327. The number of halogens is 3. The second-order valence-electron chi connectivity index (χ2n) is 5.74. The largest absolute Gasteiger partial charge is 0.450 e. The van der Waals surface area contributed by atoms with Gasteiger partial charge in [0.25, 0.3) is 0 Å². The van der Waals surface area contributed by atoms with Crippen LogP contribution < -0.4 is 5.32 Å². The number of esters is 1.